The van der Waals surface area contributed by atoms with Crippen LogP contribution in [0.3, 0.4) is 0 Å². The average Bonchev–Trinajstić information content (AvgIpc) is 2.60. The van der Waals surface area contributed by atoms with Gasteiger partial charge < -0.3 is 5.32 Å². The van der Waals surface area contributed by atoms with E-state index < -0.39 is 27.9 Å². The zero-order valence-corrected chi connectivity index (χ0v) is 15.6. The van der Waals surface area contributed by atoms with Gasteiger partial charge in [-0.25, -0.2) is 0 Å². The fraction of sp³-hybridized carbons (Fsp3) is 0.235. The minimum absolute atomic E-state index is 0.00575. The fourth-order valence-corrected chi connectivity index (χ4v) is 3.06. The first kappa shape index (κ1) is 20.7. The molecule has 146 valence electrons. The van der Waals surface area contributed by atoms with Crippen molar-refractivity contribution in [3.8, 4) is 0 Å². The highest BCUT2D eigenvalue weighted by Gasteiger charge is 2.30. The SMILES string of the molecule is CN(C)S(=O)(=O)N(C)c1ccc(C(=O)Nc2cccc(C(F)(F)F)c2)cc1. The number of anilines is 2. The van der Waals surface area contributed by atoms with E-state index in [4.69, 9.17) is 0 Å². The fourth-order valence-electron chi connectivity index (χ4n) is 2.18. The lowest BCUT2D eigenvalue weighted by molar-refractivity contribution is -0.137. The number of alkyl halides is 3. The van der Waals surface area contributed by atoms with Crippen molar-refractivity contribution in [2.75, 3.05) is 30.8 Å². The Morgan fingerprint density at radius 2 is 1.59 bits per heavy atom. The second kappa shape index (κ2) is 7.57. The highest BCUT2D eigenvalue weighted by Crippen LogP contribution is 2.30. The number of hydrogen-bond acceptors (Lipinski definition) is 3. The lowest BCUT2D eigenvalue weighted by atomic mass is 10.1. The van der Waals surface area contributed by atoms with E-state index in [0.29, 0.717) is 5.69 Å². The van der Waals surface area contributed by atoms with E-state index in [-0.39, 0.29) is 11.3 Å². The number of hydrogen-bond donors (Lipinski definition) is 1. The van der Waals surface area contributed by atoms with Crippen molar-refractivity contribution in [2.45, 2.75) is 6.18 Å². The summed E-state index contributed by atoms with van der Waals surface area (Å²) in [6, 6.07) is 9.93. The summed E-state index contributed by atoms with van der Waals surface area (Å²) >= 11 is 0. The normalized spacial score (nSPS) is 12.1. The van der Waals surface area contributed by atoms with Crippen LogP contribution >= 0.6 is 0 Å². The smallest absolute Gasteiger partial charge is 0.322 e. The number of carbonyl (C=O) groups excluding carboxylic acids is 1. The Bertz CT molecular complexity index is 926. The van der Waals surface area contributed by atoms with E-state index in [2.05, 4.69) is 5.32 Å². The molecule has 0 aromatic heterocycles. The number of carbonyl (C=O) groups is 1. The number of nitrogens with one attached hydrogen (secondary N) is 1. The first-order valence-corrected chi connectivity index (χ1v) is 9.07. The predicted molar refractivity (Wildman–Crippen MR) is 96.8 cm³/mol. The van der Waals surface area contributed by atoms with Crippen molar-refractivity contribution < 1.29 is 26.4 Å². The van der Waals surface area contributed by atoms with Gasteiger partial charge in [-0.15, -0.1) is 0 Å². The van der Waals surface area contributed by atoms with Gasteiger partial charge in [-0.2, -0.15) is 25.9 Å². The van der Waals surface area contributed by atoms with Gasteiger partial charge in [-0.1, -0.05) is 6.07 Å². The van der Waals surface area contributed by atoms with Crippen LogP contribution in [0, 0.1) is 0 Å². The monoisotopic (exact) mass is 401 g/mol. The van der Waals surface area contributed by atoms with Crippen LogP contribution in [-0.4, -0.2) is 39.8 Å². The lowest BCUT2D eigenvalue weighted by Crippen LogP contribution is -2.37. The van der Waals surface area contributed by atoms with E-state index in [0.717, 1.165) is 20.7 Å². The number of benzene rings is 2. The summed E-state index contributed by atoms with van der Waals surface area (Å²) in [4.78, 5) is 12.2. The number of nitrogens with zero attached hydrogens (tertiary/aromatic N) is 2. The van der Waals surface area contributed by atoms with Crippen molar-refractivity contribution in [3.05, 3.63) is 59.7 Å². The Balaban J connectivity index is 2.17. The summed E-state index contributed by atoms with van der Waals surface area (Å²) in [7, 11) is 0.480. The maximum atomic E-state index is 12.7. The highest BCUT2D eigenvalue weighted by molar-refractivity contribution is 7.90. The second-order valence-electron chi connectivity index (χ2n) is 5.84. The van der Waals surface area contributed by atoms with E-state index in [1.165, 1.54) is 57.5 Å². The van der Waals surface area contributed by atoms with Crippen LogP contribution in [0.2, 0.25) is 0 Å². The quantitative estimate of drug-likeness (QED) is 0.837. The molecule has 0 saturated heterocycles. The molecule has 2 aromatic rings. The number of rotatable bonds is 5. The molecule has 1 N–H and O–H groups in total. The van der Waals surface area contributed by atoms with Gasteiger partial charge in [0.1, 0.15) is 0 Å². The summed E-state index contributed by atoms with van der Waals surface area (Å²) in [6.07, 6.45) is -4.51. The van der Waals surface area contributed by atoms with E-state index in [1.807, 2.05) is 0 Å². The zero-order valence-electron chi connectivity index (χ0n) is 14.8. The molecule has 0 aliphatic rings. The molecule has 0 spiro atoms. The molecule has 0 radical (unpaired) electrons. The van der Waals surface area contributed by atoms with Gasteiger partial charge in [0.05, 0.1) is 11.3 Å². The molecule has 0 aliphatic heterocycles. The van der Waals surface area contributed by atoms with E-state index in [9.17, 15) is 26.4 Å². The largest absolute Gasteiger partial charge is 0.416 e. The van der Waals surface area contributed by atoms with Crippen LogP contribution in [0.4, 0.5) is 24.5 Å². The van der Waals surface area contributed by atoms with Gasteiger partial charge in [-0.05, 0) is 42.5 Å². The molecule has 0 heterocycles. The topological polar surface area (TPSA) is 69.7 Å². The molecule has 2 rings (SSSR count). The Morgan fingerprint density at radius 3 is 2.11 bits per heavy atom. The van der Waals surface area contributed by atoms with Gasteiger partial charge in [0, 0.05) is 32.4 Å². The molecular weight excluding hydrogens is 383 g/mol. The predicted octanol–water partition coefficient (Wildman–Crippen LogP) is 3.20. The molecule has 1 amide bonds. The van der Waals surface area contributed by atoms with Gasteiger partial charge in [-0.3, -0.25) is 9.10 Å². The summed E-state index contributed by atoms with van der Waals surface area (Å²) in [5, 5.41) is 2.39. The van der Waals surface area contributed by atoms with E-state index in [1.54, 1.807) is 0 Å². The maximum absolute atomic E-state index is 12.7. The molecule has 0 aliphatic carbocycles. The minimum atomic E-state index is -4.51. The Kier molecular flexibility index (Phi) is 5.81. The summed E-state index contributed by atoms with van der Waals surface area (Å²) in [5.74, 6) is -0.612. The molecule has 0 saturated carbocycles. The lowest BCUT2D eigenvalue weighted by Gasteiger charge is -2.23. The first-order valence-electron chi connectivity index (χ1n) is 7.68. The second-order valence-corrected chi connectivity index (χ2v) is 8.01. The Morgan fingerprint density at radius 1 is 1.00 bits per heavy atom. The van der Waals surface area contributed by atoms with Crippen molar-refractivity contribution in [1.29, 1.82) is 0 Å². The molecular formula is C17H18F3N3O3S. The van der Waals surface area contributed by atoms with Gasteiger partial charge in [0.25, 0.3) is 5.91 Å². The van der Waals surface area contributed by atoms with Gasteiger partial charge in [0.2, 0.25) is 0 Å². The standard InChI is InChI=1S/C17H18F3N3O3S/c1-22(2)27(25,26)23(3)15-9-7-12(8-10-15)16(24)21-14-6-4-5-13(11-14)17(18,19)20/h4-11H,1-3H3,(H,21,24). The van der Waals surface area contributed by atoms with Crippen molar-refractivity contribution in [1.82, 2.24) is 4.31 Å². The van der Waals surface area contributed by atoms with Gasteiger partial charge >= 0.3 is 16.4 Å². The molecule has 6 nitrogen and oxygen atoms in total. The molecule has 0 atom stereocenters. The molecule has 0 unspecified atom stereocenters. The Hall–Kier alpha value is -2.59. The summed E-state index contributed by atoms with van der Waals surface area (Å²) in [6.45, 7) is 0. The maximum Gasteiger partial charge on any atom is 0.416 e. The third kappa shape index (κ3) is 4.77. The van der Waals surface area contributed by atoms with Gasteiger partial charge in [0.15, 0.2) is 0 Å². The highest BCUT2D eigenvalue weighted by atomic mass is 32.2. The summed E-state index contributed by atoms with van der Waals surface area (Å²) < 4.78 is 64.4. The molecule has 27 heavy (non-hydrogen) atoms. The number of halogens is 3. The van der Waals surface area contributed by atoms with Crippen molar-refractivity contribution in [2.24, 2.45) is 0 Å². The molecule has 10 heteroatoms. The van der Waals surface area contributed by atoms with Crippen LogP contribution in [-0.2, 0) is 16.4 Å². The molecule has 0 bridgehead atoms. The third-order valence-corrected chi connectivity index (χ3v) is 5.57. The van der Waals surface area contributed by atoms with E-state index >= 15 is 0 Å². The van der Waals surface area contributed by atoms with Crippen molar-refractivity contribution in [3.63, 3.8) is 0 Å². The molecule has 0 fully saturated rings. The summed E-state index contributed by atoms with van der Waals surface area (Å²) in [5.41, 5.74) is -0.358. The van der Waals surface area contributed by atoms with Crippen LogP contribution in [0.5, 0.6) is 0 Å². The molecule has 2 aromatic carbocycles. The number of amides is 1. The van der Waals surface area contributed by atoms with Crippen LogP contribution < -0.4 is 9.62 Å². The minimum Gasteiger partial charge on any atom is -0.322 e. The van der Waals surface area contributed by atoms with Crippen molar-refractivity contribution >= 4 is 27.5 Å². The van der Waals surface area contributed by atoms with Crippen LogP contribution in [0.25, 0.3) is 0 Å². The average molecular weight is 401 g/mol. The van der Waals surface area contributed by atoms with Crippen LogP contribution in [0.1, 0.15) is 15.9 Å². The third-order valence-electron chi connectivity index (χ3n) is 3.75. The van der Waals surface area contributed by atoms with Crippen LogP contribution in [0.15, 0.2) is 48.5 Å². The zero-order chi connectivity index (χ0) is 20.4. The first-order chi connectivity index (χ1) is 12.4. The Labute approximate surface area is 155 Å².